The number of carbonyl (C=O) groups excluding carboxylic acids is 1. The summed E-state index contributed by atoms with van der Waals surface area (Å²) in [7, 11) is 1.97. The third-order valence-corrected chi connectivity index (χ3v) is 2.94. The maximum Gasteiger partial charge on any atom is 0.334 e. The van der Waals surface area contributed by atoms with E-state index in [1.54, 1.807) is 0 Å². The average Bonchev–Trinajstić information content (AvgIpc) is 2.38. The van der Waals surface area contributed by atoms with Gasteiger partial charge in [-0.05, 0) is 13.6 Å². The number of nitrogens with one attached hydrogen (secondary N) is 1. The molecule has 2 amide bonds. The zero-order valence-electron chi connectivity index (χ0n) is 10.9. The molecule has 0 spiro atoms. The Morgan fingerprint density at radius 1 is 1.56 bits per heavy atom. The first kappa shape index (κ1) is 14.7. The molecule has 0 aliphatic carbocycles. The average molecular weight is 259 g/mol. The van der Waals surface area contributed by atoms with Crippen LogP contribution in [0.4, 0.5) is 4.79 Å². The molecule has 1 unspecified atom stereocenters. The van der Waals surface area contributed by atoms with Gasteiger partial charge in [0.25, 0.3) is 0 Å². The normalized spacial score (nSPS) is 19.9. The summed E-state index contributed by atoms with van der Waals surface area (Å²) in [5.41, 5.74) is 0. The van der Waals surface area contributed by atoms with Gasteiger partial charge >= 0.3 is 12.0 Å². The molecule has 1 aliphatic heterocycles. The fraction of sp³-hybridized carbons (Fsp3) is 0.818. The van der Waals surface area contributed by atoms with Crippen LogP contribution in [-0.2, 0) is 9.53 Å². The van der Waals surface area contributed by atoms with Crippen LogP contribution in [0.25, 0.3) is 0 Å². The lowest BCUT2D eigenvalue weighted by molar-refractivity contribution is -0.154. The maximum atomic E-state index is 11.8. The predicted molar refractivity (Wildman–Crippen MR) is 65.5 cm³/mol. The van der Waals surface area contributed by atoms with Crippen molar-refractivity contribution in [1.29, 1.82) is 0 Å². The summed E-state index contributed by atoms with van der Waals surface area (Å²) in [6.45, 7) is 5.09. The molecule has 0 saturated carbocycles. The first-order valence-corrected chi connectivity index (χ1v) is 6.10. The number of nitrogens with zero attached hydrogens (tertiary/aromatic N) is 2. The van der Waals surface area contributed by atoms with Crippen molar-refractivity contribution in [2.45, 2.75) is 13.0 Å². The molecule has 18 heavy (non-hydrogen) atoms. The van der Waals surface area contributed by atoms with Gasteiger partial charge in [0.2, 0.25) is 0 Å². The van der Waals surface area contributed by atoms with Crippen molar-refractivity contribution in [2.24, 2.45) is 0 Å². The van der Waals surface area contributed by atoms with E-state index in [1.807, 2.05) is 14.0 Å². The molecule has 0 aromatic heterocycles. The van der Waals surface area contributed by atoms with Crippen molar-refractivity contribution in [2.75, 3.05) is 46.4 Å². The summed E-state index contributed by atoms with van der Waals surface area (Å²) in [5.74, 6) is -1.03. The lowest BCUT2D eigenvalue weighted by Gasteiger charge is -2.31. The van der Waals surface area contributed by atoms with Gasteiger partial charge in [0, 0.05) is 19.6 Å². The molecule has 0 bridgehead atoms. The number of urea groups is 1. The monoisotopic (exact) mass is 259 g/mol. The van der Waals surface area contributed by atoms with Crippen molar-refractivity contribution in [3.63, 3.8) is 0 Å². The minimum absolute atomic E-state index is 0.102. The molecule has 1 atom stereocenters. The molecule has 0 aromatic carbocycles. The van der Waals surface area contributed by atoms with Gasteiger partial charge in [-0.2, -0.15) is 0 Å². The Hall–Kier alpha value is -1.34. The number of morpholine rings is 1. The van der Waals surface area contributed by atoms with Crippen molar-refractivity contribution >= 4 is 12.0 Å². The summed E-state index contributed by atoms with van der Waals surface area (Å²) in [5, 5.41) is 11.6. The smallest absolute Gasteiger partial charge is 0.334 e. The van der Waals surface area contributed by atoms with Crippen molar-refractivity contribution in [1.82, 2.24) is 15.1 Å². The highest BCUT2D eigenvalue weighted by atomic mass is 16.5. The summed E-state index contributed by atoms with van der Waals surface area (Å²) in [6, 6.07) is -0.228. The molecule has 0 radical (unpaired) electrons. The van der Waals surface area contributed by atoms with Gasteiger partial charge in [0.1, 0.15) is 0 Å². The van der Waals surface area contributed by atoms with E-state index in [4.69, 9.17) is 9.84 Å². The largest absolute Gasteiger partial charge is 0.479 e. The third kappa shape index (κ3) is 4.50. The van der Waals surface area contributed by atoms with E-state index in [0.717, 1.165) is 13.1 Å². The number of carboxylic acid groups (broad SMARTS) is 1. The predicted octanol–water partition coefficient (Wildman–Crippen LogP) is -0.567. The second-order valence-electron chi connectivity index (χ2n) is 4.27. The van der Waals surface area contributed by atoms with Crippen molar-refractivity contribution in [3.05, 3.63) is 0 Å². The molecule has 1 saturated heterocycles. The van der Waals surface area contributed by atoms with E-state index in [2.05, 4.69) is 10.2 Å². The minimum Gasteiger partial charge on any atom is -0.479 e. The molecular formula is C11H21N3O4. The zero-order chi connectivity index (χ0) is 13.5. The van der Waals surface area contributed by atoms with E-state index in [-0.39, 0.29) is 19.2 Å². The molecule has 2 N–H and O–H groups in total. The zero-order valence-corrected chi connectivity index (χ0v) is 10.9. The van der Waals surface area contributed by atoms with Gasteiger partial charge in [-0.25, -0.2) is 9.59 Å². The van der Waals surface area contributed by atoms with Gasteiger partial charge < -0.3 is 25.0 Å². The highest BCUT2D eigenvalue weighted by Gasteiger charge is 2.28. The van der Waals surface area contributed by atoms with Crippen LogP contribution in [0.5, 0.6) is 0 Å². The first-order valence-electron chi connectivity index (χ1n) is 6.10. The van der Waals surface area contributed by atoms with Gasteiger partial charge in [0.05, 0.1) is 13.2 Å². The molecule has 1 heterocycles. The summed E-state index contributed by atoms with van der Waals surface area (Å²) in [6.07, 6.45) is -0.914. The number of carboxylic acids is 1. The Balaban J connectivity index is 2.30. The maximum absolute atomic E-state index is 11.8. The molecule has 1 fully saturated rings. The number of likely N-dealkylation sites (N-methyl/N-ethyl adjacent to an activating group) is 1. The lowest BCUT2D eigenvalue weighted by atomic mass is 10.3. The SMILES string of the molecule is CCN(C)CCNC(=O)N1CCOC(C(=O)O)C1. The number of ether oxygens (including phenoxy) is 1. The summed E-state index contributed by atoms with van der Waals surface area (Å²) < 4.78 is 5.05. The van der Waals surface area contributed by atoms with Crippen molar-refractivity contribution < 1.29 is 19.4 Å². The number of aliphatic carboxylic acids is 1. The Kier molecular flexibility index (Phi) is 5.87. The van der Waals surface area contributed by atoms with E-state index in [0.29, 0.717) is 13.1 Å². The third-order valence-electron chi connectivity index (χ3n) is 2.94. The quantitative estimate of drug-likeness (QED) is 0.691. The van der Waals surface area contributed by atoms with Gasteiger partial charge in [-0.3, -0.25) is 0 Å². The number of carbonyl (C=O) groups is 2. The van der Waals surface area contributed by atoms with Crippen LogP contribution in [0, 0.1) is 0 Å². The molecule has 1 aliphatic rings. The van der Waals surface area contributed by atoms with E-state index in [1.165, 1.54) is 4.90 Å². The molecular weight excluding hydrogens is 238 g/mol. The lowest BCUT2D eigenvalue weighted by Crippen LogP contribution is -2.52. The number of rotatable bonds is 5. The number of amides is 2. The van der Waals surface area contributed by atoms with Crippen LogP contribution in [0.15, 0.2) is 0 Å². The number of hydrogen-bond donors (Lipinski definition) is 2. The summed E-state index contributed by atoms with van der Waals surface area (Å²) >= 11 is 0. The van der Waals surface area contributed by atoms with E-state index < -0.39 is 12.1 Å². The second kappa shape index (κ2) is 7.17. The van der Waals surface area contributed by atoms with Crippen molar-refractivity contribution in [3.8, 4) is 0 Å². The Morgan fingerprint density at radius 3 is 2.89 bits per heavy atom. The fourth-order valence-electron chi connectivity index (χ4n) is 1.61. The highest BCUT2D eigenvalue weighted by molar-refractivity contribution is 5.77. The van der Waals surface area contributed by atoms with Crippen LogP contribution in [-0.4, -0.2) is 79.4 Å². The van der Waals surface area contributed by atoms with E-state index >= 15 is 0 Å². The van der Waals surface area contributed by atoms with Crippen LogP contribution in [0.3, 0.4) is 0 Å². The van der Waals surface area contributed by atoms with Crippen LogP contribution in [0.1, 0.15) is 6.92 Å². The Morgan fingerprint density at radius 2 is 2.28 bits per heavy atom. The first-order chi connectivity index (χ1) is 8.54. The van der Waals surface area contributed by atoms with Crippen LogP contribution < -0.4 is 5.32 Å². The highest BCUT2D eigenvalue weighted by Crippen LogP contribution is 2.05. The second-order valence-corrected chi connectivity index (χ2v) is 4.27. The fourth-order valence-corrected chi connectivity index (χ4v) is 1.61. The molecule has 1 rings (SSSR count). The van der Waals surface area contributed by atoms with Crippen LogP contribution in [0.2, 0.25) is 0 Å². The van der Waals surface area contributed by atoms with Gasteiger partial charge in [-0.15, -0.1) is 0 Å². The standard InChI is InChI=1S/C11H21N3O4/c1-3-13(2)5-4-12-11(17)14-6-7-18-9(8-14)10(15)16/h9H,3-8H2,1-2H3,(H,12,17)(H,15,16). The topological polar surface area (TPSA) is 82.1 Å². The Labute approximate surface area is 107 Å². The molecule has 7 heteroatoms. The number of hydrogen-bond acceptors (Lipinski definition) is 4. The van der Waals surface area contributed by atoms with Crippen LogP contribution >= 0.6 is 0 Å². The molecule has 104 valence electrons. The van der Waals surface area contributed by atoms with E-state index in [9.17, 15) is 9.59 Å². The molecule has 7 nitrogen and oxygen atoms in total. The molecule has 0 aromatic rings. The minimum atomic E-state index is -1.03. The Bertz CT molecular complexity index is 298. The summed E-state index contributed by atoms with van der Waals surface area (Å²) in [4.78, 5) is 26.1. The van der Waals surface area contributed by atoms with Gasteiger partial charge in [0.15, 0.2) is 6.10 Å². The van der Waals surface area contributed by atoms with Gasteiger partial charge in [-0.1, -0.05) is 6.92 Å².